The summed E-state index contributed by atoms with van der Waals surface area (Å²) in [5, 5.41) is 11.4. The van der Waals surface area contributed by atoms with E-state index in [-0.39, 0.29) is 28.2 Å². The van der Waals surface area contributed by atoms with Crippen molar-refractivity contribution in [3.8, 4) is 11.1 Å². The predicted octanol–water partition coefficient (Wildman–Crippen LogP) is 3.99. The van der Waals surface area contributed by atoms with Gasteiger partial charge in [-0.05, 0) is 35.4 Å². The van der Waals surface area contributed by atoms with Crippen molar-refractivity contribution < 1.29 is 23.9 Å². The zero-order chi connectivity index (χ0) is 19.1. The molecule has 0 saturated heterocycles. The number of aromatic carboxylic acids is 1. The van der Waals surface area contributed by atoms with Crippen LogP contribution in [0.5, 0.6) is 0 Å². The van der Waals surface area contributed by atoms with Gasteiger partial charge in [0.05, 0.1) is 16.8 Å². The van der Waals surface area contributed by atoms with Gasteiger partial charge in [-0.25, -0.2) is 9.18 Å². The van der Waals surface area contributed by atoms with Gasteiger partial charge in [0.1, 0.15) is 5.82 Å². The molecule has 3 aromatic rings. The summed E-state index contributed by atoms with van der Waals surface area (Å²) in [6, 6.07) is 15.0. The van der Waals surface area contributed by atoms with E-state index >= 15 is 0 Å². The van der Waals surface area contributed by atoms with Gasteiger partial charge >= 0.3 is 5.97 Å². The van der Waals surface area contributed by atoms with E-state index in [0.717, 1.165) is 23.8 Å². The lowest BCUT2D eigenvalue weighted by Gasteiger charge is -2.10. The molecular weight excluding hydrogens is 349 g/mol. The van der Waals surface area contributed by atoms with Crippen molar-refractivity contribution in [2.75, 3.05) is 5.32 Å². The Balaban J connectivity index is 1.75. The lowest BCUT2D eigenvalue weighted by Crippen LogP contribution is -2.17. The van der Waals surface area contributed by atoms with E-state index in [1.807, 2.05) is 0 Å². The van der Waals surface area contributed by atoms with Crippen molar-refractivity contribution in [1.29, 1.82) is 0 Å². The molecule has 132 valence electrons. The highest BCUT2D eigenvalue weighted by molar-refractivity contribution is 6.26. The second-order valence-corrected chi connectivity index (χ2v) is 6.06. The number of ketones is 1. The van der Waals surface area contributed by atoms with Gasteiger partial charge in [-0.3, -0.25) is 9.59 Å². The number of anilines is 1. The van der Waals surface area contributed by atoms with E-state index in [9.17, 15) is 18.8 Å². The highest BCUT2D eigenvalue weighted by Crippen LogP contribution is 2.38. The van der Waals surface area contributed by atoms with Crippen LogP contribution >= 0.6 is 0 Å². The SMILES string of the molecule is O=C(O)c1ccc(F)c(NC(=O)c2cccc3c2C(=O)c2ccccc2-3)c1. The van der Waals surface area contributed by atoms with Crippen molar-refractivity contribution in [1.82, 2.24) is 0 Å². The highest BCUT2D eigenvalue weighted by atomic mass is 19.1. The van der Waals surface area contributed by atoms with Crippen molar-refractivity contribution in [2.45, 2.75) is 0 Å². The van der Waals surface area contributed by atoms with Crippen LogP contribution in [0.1, 0.15) is 36.6 Å². The second kappa shape index (κ2) is 6.17. The Bertz CT molecular complexity index is 1140. The predicted molar refractivity (Wildman–Crippen MR) is 96.6 cm³/mol. The molecule has 2 N–H and O–H groups in total. The van der Waals surface area contributed by atoms with Crippen LogP contribution in [0.25, 0.3) is 11.1 Å². The largest absolute Gasteiger partial charge is 0.478 e. The number of carbonyl (C=O) groups excluding carboxylic acids is 2. The van der Waals surface area contributed by atoms with Crippen LogP contribution in [0.4, 0.5) is 10.1 Å². The molecule has 0 saturated carbocycles. The number of benzene rings is 3. The minimum atomic E-state index is -1.24. The van der Waals surface area contributed by atoms with Crippen LogP contribution in [0, 0.1) is 5.82 Å². The molecule has 0 unspecified atom stereocenters. The molecule has 4 rings (SSSR count). The zero-order valence-electron chi connectivity index (χ0n) is 13.8. The van der Waals surface area contributed by atoms with Gasteiger partial charge in [-0.1, -0.05) is 36.4 Å². The van der Waals surface area contributed by atoms with Crippen LogP contribution in [0.3, 0.4) is 0 Å². The molecule has 0 atom stereocenters. The quantitative estimate of drug-likeness (QED) is 0.578. The number of rotatable bonds is 3. The van der Waals surface area contributed by atoms with E-state index in [1.54, 1.807) is 36.4 Å². The molecule has 1 aliphatic carbocycles. The average molecular weight is 361 g/mol. The first-order valence-corrected chi connectivity index (χ1v) is 8.08. The number of fused-ring (bicyclic) bond motifs is 3. The van der Waals surface area contributed by atoms with Gasteiger partial charge in [-0.2, -0.15) is 0 Å². The minimum Gasteiger partial charge on any atom is -0.478 e. The van der Waals surface area contributed by atoms with Gasteiger partial charge in [0.25, 0.3) is 5.91 Å². The third-order valence-electron chi connectivity index (χ3n) is 4.46. The fourth-order valence-corrected chi connectivity index (χ4v) is 3.21. The number of hydrogen-bond acceptors (Lipinski definition) is 3. The summed E-state index contributed by atoms with van der Waals surface area (Å²) >= 11 is 0. The van der Waals surface area contributed by atoms with Crippen LogP contribution in [0.15, 0.2) is 60.7 Å². The zero-order valence-corrected chi connectivity index (χ0v) is 13.8. The van der Waals surface area contributed by atoms with Gasteiger partial charge in [0.2, 0.25) is 0 Å². The van der Waals surface area contributed by atoms with E-state index in [2.05, 4.69) is 5.32 Å². The topological polar surface area (TPSA) is 83.5 Å². The maximum Gasteiger partial charge on any atom is 0.335 e. The monoisotopic (exact) mass is 361 g/mol. The van der Waals surface area contributed by atoms with E-state index in [4.69, 9.17) is 5.11 Å². The fraction of sp³-hybridized carbons (Fsp3) is 0. The van der Waals surface area contributed by atoms with Gasteiger partial charge in [-0.15, -0.1) is 0 Å². The second-order valence-electron chi connectivity index (χ2n) is 6.06. The molecule has 0 heterocycles. The van der Waals surface area contributed by atoms with Crippen molar-refractivity contribution >= 4 is 23.3 Å². The number of hydrogen-bond donors (Lipinski definition) is 2. The summed E-state index contributed by atoms with van der Waals surface area (Å²) in [4.78, 5) is 36.5. The summed E-state index contributed by atoms with van der Waals surface area (Å²) in [7, 11) is 0. The molecule has 0 radical (unpaired) electrons. The normalized spacial score (nSPS) is 11.7. The minimum absolute atomic E-state index is 0.105. The van der Waals surface area contributed by atoms with Crippen molar-refractivity contribution in [3.05, 3.63) is 88.7 Å². The summed E-state index contributed by atoms with van der Waals surface area (Å²) in [6.45, 7) is 0. The Morgan fingerprint density at radius 3 is 2.33 bits per heavy atom. The third kappa shape index (κ3) is 2.67. The molecular formula is C21H12FNO4. The van der Waals surface area contributed by atoms with E-state index < -0.39 is 17.7 Å². The fourth-order valence-electron chi connectivity index (χ4n) is 3.21. The van der Waals surface area contributed by atoms with Crippen LogP contribution in [-0.4, -0.2) is 22.8 Å². The molecule has 3 aromatic carbocycles. The van der Waals surface area contributed by atoms with Gasteiger partial charge in [0, 0.05) is 11.1 Å². The summed E-state index contributed by atoms with van der Waals surface area (Å²) in [6.07, 6.45) is 0. The lowest BCUT2D eigenvalue weighted by atomic mass is 10.00. The molecule has 5 nitrogen and oxygen atoms in total. The summed E-state index contributed by atoms with van der Waals surface area (Å²) in [5.41, 5.74) is 1.83. The Hall–Kier alpha value is -3.80. The maximum atomic E-state index is 14.0. The highest BCUT2D eigenvalue weighted by Gasteiger charge is 2.30. The molecule has 0 bridgehead atoms. The summed E-state index contributed by atoms with van der Waals surface area (Å²) in [5.74, 6) is -2.96. The molecule has 27 heavy (non-hydrogen) atoms. The Morgan fingerprint density at radius 1 is 0.889 bits per heavy atom. The Kier molecular flexibility index (Phi) is 3.81. The first-order valence-electron chi connectivity index (χ1n) is 8.08. The van der Waals surface area contributed by atoms with Gasteiger partial charge in [0.15, 0.2) is 5.78 Å². The number of halogens is 1. The molecule has 0 fully saturated rings. The Labute approximate surface area is 153 Å². The third-order valence-corrected chi connectivity index (χ3v) is 4.46. The molecule has 0 spiro atoms. The lowest BCUT2D eigenvalue weighted by molar-refractivity contribution is 0.0696. The summed E-state index contributed by atoms with van der Waals surface area (Å²) < 4.78 is 14.0. The number of carboxylic acid groups (broad SMARTS) is 1. The van der Waals surface area contributed by atoms with E-state index in [0.29, 0.717) is 11.1 Å². The van der Waals surface area contributed by atoms with Crippen LogP contribution in [0.2, 0.25) is 0 Å². The standard InChI is InChI=1S/C21H12FNO4/c22-16-9-8-11(21(26)27)10-17(16)23-20(25)15-7-3-6-13-12-4-1-2-5-14(12)19(24)18(13)15/h1-10H,(H,23,25)(H,26,27). The van der Waals surface area contributed by atoms with Crippen LogP contribution < -0.4 is 5.32 Å². The number of nitrogens with one attached hydrogen (secondary N) is 1. The molecule has 1 amide bonds. The van der Waals surface area contributed by atoms with Crippen molar-refractivity contribution in [3.63, 3.8) is 0 Å². The van der Waals surface area contributed by atoms with Crippen molar-refractivity contribution in [2.24, 2.45) is 0 Å². The average Bonchev–Trinajstić information content (AvgIpc) is 2.96. The van der Waals surface area contributed by atoms with E-state index in [1.165, 1.54) is 6.07 Å². The molecule has 1 aliphatic rings. The van der Waals surface area contributed by atoms with Crippen LogP contribution in [-0.2, 0) is 0 Å². The number of carboxylic acids is 1. The maximum absolute atomic E-state index is 14.0. The molecule has 0 aromatic heterocycles. The molecule has 6 heteroatoms. The number of carbonyl (C=O) groups is 3. The molecule has 0 aliphatic heterocycles. The van der Waals surface area contributed by atoms with Gasteiger partial charge < -0.3 is 10.4 Å². The first kappa shape index (κ1) is 16.7. The smallest absolute Gasteiger partial charge is 0.335 e. The Morgan fingerprint density at radius 2 is 1.59 bits per heavy atom. The first-order chi connectivity index (χ1) is 13.0. The number of amides is 1.